The van der Waals surface area contributed by atoms with Crippen LogP contribution in [0.4, 0.5) is 0 Å². The predicted octanol–water partition coefficient (Wildman–Crippen LogP) is 2.61. The molecule has 0 aliphatic heterocycles. The fourth-order valence-electron chi connectivity index (χ4n) is 1.64. The first kappa shape index (κ1) is 12.8. The smallest absolute Gasteiger partial charge is 0.233 e. The third-order valence-electron chi connectivity index (χ3n) is 2.70. The van der Waals surface area contributed by atoms with E-state index in [0.717, 1.165) is 0 Å². The van der Waals surface area contributed by atoms with E-state index in [9.17, 15) is 0 Å². The monoisotopic (exact) mass is 245 g/mol. The van der Waals surface area contributed by atoms with Crippen molar-refractivity contribution < 1.29 is 4.42 Å². The van der Waals surface area contributed by atoms with Gasteiger partial charge in [-0.25, -0.2) is 0 Å². The summed E-state index contributed by atoms with van der Waals surface area (Å²) in [6, 6.07) is 9.81. The van der Waals surface area contributed by atoms with Crippen molar-refractivity contribution in [3.05, 3.63) is 47.7 Å². The Morgan fingerprint density at radius 3 is 2.39 bits per heavy atom. The average molecular weight is 245 g/mol. The van der Waals surface area contributed by atoms with Crippen molar-refractivity contribution in [1.82, 2.24) is 10.2 Å². The number of hydrogen-bond donors (Lipinski definition) is 1. The van der Waals surface area contributed by atoms with Crippen molar-refractivity contribution in [3.63, 3.8) is 0 Å². The third kappa shape index (κ3) is 2.96. The summed E-state index contributed by atoms with van der Waals surface area (Å²) in [4.78, 5) is 0. The summed E-state index contributed by atoms with van der Waals surface area (Å²) in [5.74, 6) is 1.13. The van der Waals surface area contributed by atoms with Gasteiger partial charge in [0.25, 0.3) is 0 Å². The molecule has 0 saturated carbocycles. The summed E-state index contributed by atoms with van der Waals surface area (Å²) in [6.45, 7) is 6.10. The molecule has 0 unspecified atom stereocenters. The summed E-state index contributed by atoms with van der Waals surface area (Å²) >= 11 is 0. The fraction of sp³-hybridized carbons (Fsp3) is 0.429. The second-order valence-electron chi connectivity index (χ2n) is 5.49. The van der Waals surface area contributed by atoms with Crippen LogP contribution in [0.1, 0.15) is 44.2 Å². The van der Waals surface area contributed by atoms with Gasteiger partial charge in [-0.2, -0.15) is 0 Å². The minimum absolute atomic E-state index is 0.141. The first-order valence-electron chi connectivity index (χ1n) is 6.10. The third-order valence-corrected chi connectivity index (χ3v) is 2.70. The Balaban J connectivity index is 2.10. The first-order chi connectivity index (χ1) is 8.47. The van der Waals surface area contributed by atoms with E-state index in [2.05, 4.69) is 10.2 Å². The average Bonchev–Trinajstić information content (AvgIpc) is 2.79. The summed E-state index contributed by atoms with van der Waals surface area (Å²) in [6.07, 6.45) is 0.701. The van der Waals surface area contributed by atoms with Crippen LogP contribution >= 0.6 is 0 Å². The molecule has 2 aromatic rings. The van der Waals surface area contributed by atoms with E-state index in [1.807, 2.05) is 51.1 Å². The lowest BCUT2D eigenvalue weighted by Gasteiger charge is -2.12. The lowest BCUT2D eigenvalue weighted by Crippen LogP contribution is -2.14. The molecule has 0 saturated heterocycles. The lowest BCUT2D eigenvalue weighted by molar-refractivity contribution is 0.356. The van der Waals surface area contributed by atoms with Gasteiger partial charge < -0.3 is 10.2 Å². The Bertz CT molecular complexity index is 499. The topological polar surface area (TPSA) is 64.9 Å². The van der Waals surface area contributed by atoms with Crippen LogP contribution in [0, 0.1) is 0 Å². The molecule has 0 fully saturated rings. The maximum Gasteiger partial charge on any atom is 0.233 e. The molecule has 2 rings (SSSR count). The molecule has 1 aromatic carbocycles. The van der Waals surface area contributed by atoms with E-state index in [0.29, 0.717) is 18.2 Å². The van der Waals surface area contributed by atoms with Crippen LogP contribution in [0.5, 0.6) is 0 Å². The molecule has 0 amide bonds. The Kier molecular flexibility index (Phi) is 3.48. The van der Waals surface area contributed by atoms with Gasteiger partial charge >= 0.3 is 0 Å². The maximum atomic E-state index is 6.09. The van der Waals surface area contributed by atoms with Gasteiger partial charge in [-0.1, -0.05) is 51.1 Å². The quantitative estimate of drug-likeness (QED) is 0.902. The minimum Gasteiger partial charge on any atom is -0.423 e. The van der Waals surface area contributed by atoms with Gasteiger partial charge in [0.2, 0.25) is 11.8 Å². The van der Waals surface area contributed by atoms with E-state index in [-0.39, 0.29) is 11.5 Å². The Morgan fingerprint density at radius 2 is 1.83 bits per heavy atom. The zero-order valence-electron chi connectivity index (χ0n) is 11.1. The van der Waals surface area contributed by atoms with E-state index in [4.69, 9.17) is 10.2 Å². The molecular formula is C14H19N3O. The number of hydrogen-bond acceptors (Lipinski definition) is 4. The van der Waals surface area contributed by atoms with Crippen LogP contribution in [0.15, 0.2) is 34.7 Å². The summed E-state index contributed by atoms with van der Waals surface area (Å²) in [5.41, 5.74) is 7.11. The largest absolute Gasteiger partial charge is 0.423 e. The normalized spacial score (nSPS) is 13.6. The van der Waals surface area contributed by atoms with Gasteiger partial charge in [0.05, 0.1) is 6.04 Å². The standard InChI is InChI=1S/C14H19N3O/c1-14(2,3)13-17-16-12(18-13)11(15)9-10-7-5-4-6-8-10/h4-8,11H,9,15H2,1-3H3/t11-/m0/s1. The van der Waals surface area contributed by atoms with Gasteiger partial charge in [-0.15, -0.1) is 10.2 Å². The lowest BCUT2D eigenvalue weighted by atomic mass is 9.97. The fourth-order valence-corrected chi connectivity index (χ4v) is 1.64. The van der Waals surface area contributed by atoms with Gasteiger partial charge in [0.1, 0.15) is 0 Å². The van der Waals surface area contributed by atoms with Crippen LogP contribution in [0.2, 0.25) is 0 Å². The van der Waals surface area contributed by atoms with E-state index >= 15 is 0 Å². The van der Waals surface area contributed by atoms with Crippen molar-refractivity contribution in [2.75, 3.05) is 0 Å². The van der Waals surface area contributed by atoms with Crippen LogP contribution in [0.25, 0.3) is 0 Å². The van der Waals surface area contributed by atoms with Crippen molar-refractivity contribution in [1.29, 1.82) is 0 Å². The highest BCUT2D eigenvalue weighted by atomic mass is 16.4. The molecule has 0 aliphatic rings. The number of rotatable bonds is 3. The second kappa shape index (κ2) is 4.90. The molecule has 1 atom stereocenters. The zero-order valence-corrected chi connectivity index (χ0v) is 11.1. The van der Waals surface area contributed by atoms with Crippen molar-refractivity contribution >= 4 is 0 Å². The molecule has 96 valence electrons. The molecule has 0 aliphatic carbocycles. The highest BCUT2D eigenvalue weighted by Crippen LogP contribution is 2.23. The summed E-state index contributed by atoms with van der Waals surface area (Å²) < 4.78 is 5.63. The molecule has 4 nitrogen and oxygen atoms in total. The Labute approximate surface area is 107 Å². The zero-order chi connectivity index (χ0) is 13.2. The second-order valence-corrected chi connectivity index (χ2v) is 5.49. The van der Waals surface area contributed by atoms with Gasteiger partial charge in [-0.05, 0) is 12.0 Å². The van der Waals surface area contributed by atoms with Crippen molar-refractivity contribution in [3.8, 4) is 0 Å². The molecule has 2 N–H and O–H groups in total. The predicted molar refractivity (Wildman–Crippen MR) is 70.1 cm³/mol. The number of nitrogens with zero attached hydrogens (tertiary/aromatic N) is 2. The highest BCUT2D eigenvalue weighted by molar-refractivity contribution is 5.16. The van der Waals surface area contributed by atoms with Gasteiger partial charge in [0.15, 0.2) is 0 Å². The van der Waals surface area contributed by atoms with Crippen molar-refractivity contribution in [2.45, 2.75) is 38.6 Å². The Morgan fingerprint density at radius 1 is 1.17 bits per heavy atom. The molecule has 18 heavy (non-hydrogen) atoms. The molecule has 1 heterocycles. The number of aromatic nitrogens is 2. The Hall–Kier alpha value is -1.68. The van der Waals surface area contributed by atoms with E-state index < -0.39 is 0 Å². The molecule has 0 radical (unpaired) electrons. The van der Waals surface area contributed by atoms with Crippen molar-refractivity contribution in [2.24, 2.45) is 5.73 Å². The van der Waals surface area contributed by atoms with Crippen LogP contribution in [-0.4, -0.2) is 10.2 Å². The van der Waals surface area contributed by atoms with Gasteiger partial charge in [0, 0.05) is 5.41 Å². The van der Waals surface area contributed by atoms with Crippen LogP contribution in [0.3, 0.4) is 0 Å². The minimum atomic E-state index is -0.254. The molecule has 0 bridgehead atoms. The van der Waals surface area contributed by atoms with E-state index in [1.165, 1.54) is 5.56 Å². The molecule has 4 heteroatoms. The number of nitrogens with two attached hydrogens (primary N) is 1. The molecular weight excluding hydrogens is 226 g/mol. The summed E-state index contributed by atoms with van der Waals surface area (Å²) in [7, 11) is 0. The molecule has 1 aromatic heterocycles. The first-order valence-corrected chi connectivity index (χ1v) is 6.10. The number of benzene rings is 1. The van der Waals surface area contributed by atoms with Crippen LogP contribution in [-0.2, 0) is 11.8 Å². The van der Waals surface area contributed by atoms with E-state index in [1.54, 1.807) is 0 Å². The summed E-state index contributed by atoms with van der Waals surface area (Å²) in [5, 5.41) is 8.09. The van der Waals surface area contributed by atoms with Gasteiger partial charge in [-0.3, -0.25) is 0 Å². The highest BCUT2D eigenvalue weighted by Gasteiger charge is 2.23. The van der Waals surface area contributed by atoms with Crippen LogP contribution < -0.4 is 5.73 Å². The molecule has 0 spiro atoms. The maximum absolute atomic E-state index is 6.09. The SMILES string of the molecule is CC(C)(C)c1nnc([C@@H](N)Cc2ccccc2)o1.